The van der Waals surface area contributed by atoms with E-state index in [0.29, 0.717) is 18.6 Å². The second-order valence-corrected chi connectivity index (χ2v) is 4.09. The summed E-state index contributed by atoms with van der Waals surface area (Å²) in [6.45, 7) is 6.05. The second kappa shape index (κ2) is 5.66. The maximum atomic E-state index is 10.7. The molecule has 0 heterocycles. The standard InChI is InChI=1S/C13H18O3/c1-9-6-12(8-14)7-10(2)13(9)16-5-4-11(3)15/h6-8,11,15H,4-5H2,1-3H3. The second-order valence-electron chi connectivity index (χ2n) is 4.09. The quantitative estimate of drug-likeness (QED) is 0.777. The molecule has 0 fully saturated rings. The minimum atomic E-state index is -0.352. The molecule has 0 aromatic heterocycles. The fourth-order valence-corrected chi connectivity index (χ4v) is 1.61. The van der Waals surface area contributed by atoms with Crippen LogP contribution in [0.15, 0.2) is 12.1 Å². The van der Waals surface area contributed by atoms with Crippen molar-refractivity contribution in [2.45, 2.75) is 33.3 Å². The van der Waals surface area contributed by atoms with E-state index in [-0.39, 0.29) is 6.10 Å². The molecule has 1 N–H and O–H groups in total. The summed E-state index contributed by atoms with van der Waals surface area (Å²) in [7, 11) is 0. The van der Waals surface area contributed by atoms with E-state index < -0.39 is 0 Å². The Morgan fingerprint density at radius 2 is 1.94 bits per heavy atom. The molecular weight excluding hydrogens is 204 g/mol. The van der Waals surface area contributed by atoms with Gasteiger partial charge in [0.25, 0.3) is 0 Å². The van der Waals surface area contributed by atoms with Gasteiger partial charge in [0.05, 0.1) is 12.7 Å². The van der Waals surface area contributed by atoms with Crippen LogP contribution in [0.25, 0.3) is 0 Å². The lowest BCUT2D eigenvalue weighted by Crippen LogP contribution is -2.08. The average Bonchev–Trinajstić information content (AvgIpc) is 2.21. The first kappa shape index (κ1) is 12.7. The maximum absolute atomic E-state index is 10.7. The number of hydrogen-bond donors (Lipinski definition) is 1. The minimum Gasteiger partial charge on any atom is -0.493 e. The van der Waals surface area contributed by atoms with Gasteiger partial charge in [-0.2, -0.15) is 0 Å². The van der Waals surface area contributed by atoms with E-state index in [4.69, 9.17) is 9.84 Å². The summed E-state index contributed by atoms with van der Waals surface area (Å²) < 4.78 is 5.60. The van der Waals surface area contributed by atoms with Gasteiger partial charge >= 0.3 is 0 Å². The first-order chi connectivity index (χ1) is 7.54. The van der Waals surface area contributed by atoms with Crippen molar-refractivity contribution in [3.8, 4) is 5.75 Å². The summed E-state index contributed by atoms with van der Waals surface area (Å²) in [6.07, 6.45) is 1.09. The predicted molar refractivity (Wildman–Crippen MR) is 63.1 cm³/mol. The molecule has 1 rings (SSSR count). The summed E-state index contributed by atoms with van der Waals surface area (Å²) in [4.78, 5) is 10.7. The molecule has 16 heavy (non-hydrogen) atoms. The van der Waals surface area contributed by atoms with E-state index in [0.717, 1.165) is 23.2 Å². The van der Waals surface area contributed by atoms with Crippen LogP contribution in [0, 0.1) is 13.8 Å². The van der Waals surface area contributed by atoms with Crippen molar-refractivity contribution in [1.82, 2.24) is 0 Å². The molecule has 1 aromatic rings. The van der Waals surface area contributed by atoms with E-state index in [2.05, 4.69) is 0 Å². The molecule has 88 valence electrons. The van der Waals surface area contributed by atoms with Crippen LogP contribution in [0.1, 0.15) is 34.8 Å². The van der Waals surface area contributed by atoms with Gasteiger partial charge in [0.15, 0.2) is 0 Å². The third kappa shape index (κ3) is 3.35. The Bertz CT molecular complexity index is 346. The van der Waals surface area contributed by atoms with Crippen molar-refractivity contribution in [3.05, 3.63) is 28.8 Å². The van der Waals surface area contributed by atoms with Crippen LogP contribution in [-0.4, -0.2) is 24.1 Å². The molecule has 1 atom stereocenters. The maximum Gasteiger partial charge on any atom is 0.150 e. The number of hydrogen-bond acceptors (Lipinski definition) is 3. The molecule has 0 aliphatic heterocycles. The number of carbonyl (C=O) groups is 1. The topological polar surface area (TPSA) is 46.5 Å². The first-order valence-electron chi connectivity index (χ1n) is 5.42. The number of benzene rings is 1. The van der Waals surface area contributed by atoms with Crippen LogP contribution in [0.3, 0.4) is 0 Å². The third-order valence-electron chi connectivity index (χ3n) is 2.40. The summed E-state index contributed by atoms with van der Waals surface area (Å²) in [5.74, 6) is 0.811. The van der Waals surface area contributed by atoms with Crippen molar-refractivity contribution in [3.63, 3.8) is 0 Å². The predicted octanol–water partition coefficient (Wildman–Crippen LogP) is 2.27. The largest absolute Gasteiger partial charge is 0.493 e. The van der Waals surface area contributed by atoms with Gasteiger partial charge in [0, 0.05) is 12.0 Å². The van der Waals surface area contributed by atoms with Crippen LogP contribution < -0.4 is 4.74 Å². The van der Waals surface area contributed by atoms with Gasteiger partial charge in [-0.15, -0.1) is 0 Å². The van der Waals surface area contributed by atoms with Crippen molar-refractivity contribution in [2.24, 2.45) is 0 Å². The number of carbonyl (C=O) groups excluding carboxylic acids is 1. The SMILES string of the molecule is Cc1cc(C=O)cc(C)c1OCCC(C)O. The lowest BCUT2D eigenvalue weighted by atomic mass is 10.1. The Balaban J connectivity index is 2.76. The lowest BCUT2D eigenvalue weighted by molar-refractivity contribution is 0.112. The molecule has 0 amide bonds. The van der Waals surface area contributed by atoms with Gasteiger partial charge in [-0.05, 0) is 44.0 Å². The number of aryl methyl sites for hydroxylation is 2. The van der Waals surface area contributed by atoms with Crippen molar-refractivity contribution in [2.75, 3.05) is 6.61 Å². The van der Waals surface area contributed by atoms with Crippen molar-refractivity contribution >= 4 is 6.29 Å². The van der Waals surface area contributed by atoms with Gasteiger partial charge in [-0.25, -0.2) is 0 Å². The highest BCUT2D eigenvalue weighted by Crippen LogP contribution is 2.24. The Morgan fingerprint density at radius 1 is 1.38 bits per heavy atom. The Morgan fingerprint density at radius 3 is 2.38 bits per heavy atom. The molecule has 0 radical (unpaired) electrons. The van der Waals surface area contributed by atoms with Crippen LogP contribution in [0.2, 0.25) is 0 Å². The third-order valence-corrected chi connectivity index (χ3v) is 2.40. The highest BCUT2D eigenvalue weighted by Gasteiger charge is 2.06. The number of aliphatic hydroxyl groups is 1. The molecule has 1 aromatic carbocycles. The zero-order valence-corrected chi connectivity index (χ0v) is 9.99. The van der Waals surface area contributed by atoms with Crippen molar-refractivity contribution < 1.29 is 14.6 Å². The van der Waals surface area contributed by atoms with Crippen molar-refractivity contribution in [1.29, 1.82) is 0 Å². The fourth-order valence-electron chi connectivity index (χ4n) is 1.61. The summed E-state index contributed by atoms with van der Waals surface area (Å²) in [5.41, 5.74) is 2.57. The Labute approximate surface area is 96.1 Å². The Kier molecular flexibility index (Phi) is 4.50. The number of aliphatic hydroxyl groups excluding tert-OH is 1. The van der Waals surface area contributed by atoms with E-state index in [1.54, 1.807) is 19.1 Å². The molecule has 0 spiro atoms. The molecule has 0 aliphatic rings. The van der Waals surface area contributed by atoms with Gasteiger partial charge in [-0.1, -0.05) is 0 Å². The molecule has 0 bridgehead atoms. The minimum absolute atomic E-state index is 0.352. The van der Waals surface area contributed by atoms with Gasteiger partial charge < -0.3 is 9.84 Å². The molecule has 3 nitrogen and oxygen atoms in total. The molecule has 0 aliphatic carbocycles. The van der Waals surface area contributed by atoms with Crippen LogP contribution in [0.5, 0.6) is 5.75 Å². The molecule has 0 saturated heterocycles. The van der Waals surface area contributed by atoms with Gasteiger partial charge in [-0.3, -0.25) is 4.79 Å². The summed E-state index contributed by atoms with van der Waals surface area (Å²) in [5, 5.41) is 9.12. The van der Waals surface area contributed by atoms with E-state index in [1.807, 2.05) is 13.8 Å². The molecular formula is C13H18O3. The van der Waals surface area contributed by atoms with Gasteiger partial charge in [0.2, 0.25) is 0 Å². The highest BCUT2D eigenvalue weighted by atomic mass is 16.5. The number of ether oxygens (including phenoxy) is 1. The zero-order valence-electron chi connectivity index (χ0n) is 9.99. The number of rotatable bonds is 5. The van der Waals surface area contributed by atoms with E-state index in [1.165, 1.54) is 0 Å². The summed E-state index contributed by atoms with van der Waals surface area (Å²) in [6, 6.07) is 3.61. The smallest absolute Gasteiger partial charge is 0.150 e. The average molecular weight is 222 g/mol. The van der Waals surface area contributed by atoms with Crippen LogP contribution >= 0.6 is 0 Å². The fraction of sp³-hybridized carbons (Fsp3) is 0.462. The molecule has 1 unspecified atom stereocenters. The number of aldehydes is 1. The van der Waals surface area contributed by atoms with Gasteiger partial charge in [0.1, 0.15) is 12.0 Å². The Hall–Kier alpha value is -1.35. The molecule has 0 saturated carbocycles. The van der Waals surface area contributed by atoms with Crippen LogP contribution in [-0.2, 0) is 0 Å². The monoisotopic (exact) mass is 222 g/mol. The zero-order chi connectivity index (χ0) is 12.1. The van der Waals surface area contributed by atoms with E-state index in [9.17, 15) is 4.79 Å². The lowest BCUT2D eigenvalue weighted by Gasteiger charge is -2.13. The normalized spacial score (nSPS) is 12.2. The molecule has 3 heteroatoms. The van der Waals surface area contributed by atoms with E-state index >= 15 is 0 Å². The highest BCUT2D eigenvalue weighted by molar-refractivity contribution is 5.76. The van der Waals surface area contributed by atoms with Crippen LogP contribution in [0.4, 0.5) is 0 Å². The summed E-state index contributed by atoms with van der Waals surface area (Å²) >= 11 is 0. The first-order valence-corrected chi connectivity index (χ1v) is 5.42.